The number of nitrogens with zero attached hydrogens (tertiary/aromatic N) is 1. The average Bonchev–Trinajstić information content (AvgIpc) is 2.41. The lowest BCUT2D eigenvalue weighted by atomic mass is 9.96. The molecule has 0 saturated carbocycles. The Hall–Kier alpha value is -1.06. The molecule has 3 heteroatoms. The molecule has 1 N–H and O–H groups in total. The van der Waals surface area contributed by atoms with Crippen LogP contribution in [0.4, 0.5) is 5.69 Å². The highest BCUT2D eigenvalue weighted by Crippen LogP contribution is 2.30. The van der Waals surface area contributed by atoms with Gasteiger partial charge in [-0.3, -0.25) is 0 Å². The quantitative estimate of drug-likeness (QED) is 0.863. The molecule has 0 fully saturated rings. The topological polar surface area (TPSA) is 24.5 Å². The zero-order chi connectivity index (χ0) is 13.0. The van der Waals surface area contributed by atoms with Gasteiger partial charge in [0, 0.05) is 31.4 Å². The van der Waals surface area contributed by atoms with E-state index in [-0.39, 0.29) is 0 Å². The second-order valence-corrected chi connectivity index (χ2v) is 5.11. The molecule has 0 radical (unpaired) electrons. The normalized spacial score (nSPS) is 20.6. The number of methoxy groups -OCH3 is 1. The smallest absolute Gasteiger partial charge is 0.0633 e. The number of hydrogen-bond acceptors (Lipinski definition) is 3. The molecular formula is C15H24N2O. The van der Waals surface area contributed by atoms with Crippen molar-refractivity contribution in [3.05, 3.63) is 29.8 Å². The molecule has 0 saturated heterocycles. The summed E-state index contributed by atoms with van der Waals surface area (Å²) in [6, 6.07) is 9.74. The fourth-order valence-electron chi connectivity index (χ4n) is 2.70. The van der Waals surface area contributed by atoms with Crippen LogP contribution < -0.4 is 10.2 Å². The number of fused-ring (bicyclic) bond motifs is 1. The first kappa shape index (κ1) is 13.4. The molecule has 100 valence electrons. The molecule has 2 rings (SSSR count). The van der Waals surface area contributed by atoms with Crippen LogP contribution in [0.2, 0.25) is 0 Å². The highest BCUT2D eigenvalue weighted by Gasteiger charge is 2.24. The molecular weight excluding hydrogens is 224 g/mol. The minimum Gasteiger partial charge on any atom is -0.383 e. The molecule has 3 nitrogen and oxygen atoms in total. The van der Waals surface area contributed by atoms with Crippen LogP contribution in [-0.4, -0.2) is 39.4 Å². The van der Waals surface area contributed by atoms with Crippen molar-refractivity contribution in [3.8, 4) is 0 Å². The molecule has 1 aliphatic rings. The van der Waals surface area contributed by atoms with E-state index in [4.69, 9.17) is 4.74 Å². The van der Waals surface area contributed by atoms with Crippen molar-refractivity contribution in [2.45, 2.75) is 31.8 Å². The molecule has 1 aromatic rings. The van der Waals surface area contributed by atoms with Gasteiger partial charge in [-0.25, -0.2) is 0 Å². The number of hydrogen-bond donors (Lipinski definition) is 1. The van der Waals surface area contributed by atoms with Crippen molar-refractivity contribution in [2.75, 3.05) is 32.2 Å². The summed E-state index contributed by atoms with van der Waals surface area (Å²) >= 11 is 0. The summed E-state index contributed by atoms with van der Waals surface area (Å²) in [5, 5.41) is 3.33. The minimum absolute atomic E-state index is 0.378. The number of rotatable bonds is 5. The second kappa shape index (κ2) is 6.21. The molecule has 1 aromatic carbocycles. The first-order chi connectivity index (χ1) is 8.76. The van der Waals surface area contributed by atoms with Gasteiger partial charge in [0.15, 0.2) is 0 Å². The second-order valence-electron chi connectivity index (χ2n) is 5.11. The van der Waals surface area contributed by atoms with Crippen LogP contribution in [0.3, 0.4) is 0 Å². The van der Waals surface area contributed by atoms with Gasteiger partial charge in [0.1, 0.15) is 0 Å². The molecule has 0 aliphatic carbocycles. The first-order valence-corrected chi connectivity index (χ1v) is 6.77. The highest BCUT2D eigenvalue weighted by molar-refractivity contribution is 5.56. The Morgan fingerprint density at radius 3 is 2.94 bits per heavy atom. The summed E-state index contributed by atoms with van der Waals surface area (Å²) in [6.07, 6.45) is 2.43. The van der Waals surface area contributed by atoms with Crippen LogP contribution >= 0.6 is 0 Å². The van der Waals surface area contributed by atoms with Crippen LogP contribution in [0.1, 0.15) is 18.9 Å². The van der Waals surface area contributed by atoms with Crippen molar-refractivity contribution < 1.29 is 4.74 Å². The van der Waals surface area contributed by atoms with E-state index in [2.05, 4.69) is 41.4 Å². The number of para-hydroxylation sites is 1. The van der Waals surface area contributed by atoms with Crippen LogP contribution in [0, 0.1) is 0 Å². The lowest BCUT2D eigenvalue weighted by Gasteiger charge is -2.39. The van der Waals surface area contributed by atoms with E-state index < -0.39 is 0 Å². The van der Waals surface area contributed by atoms with E-state index in [9.17, 15) is 0 Å². The molecule has 0 bridgehead atoms. The zero-order valence-electron chi connectivity index (χ0n) is 11.6. The van der Waals surface area contributed by atoms with E-state index in [0.29, 0.717) is 12.1 Å². The van der Waals surface area contributed by atoms with Gasteiger partial charge < -0.3 is 15.0 Å². The Balaban J connectivity index is 2.15. The fraction of sp³-hybridized carbons (Fsp3) is 0.600. The van der Waals surface area contributed by atoms with E-state index in [0.717, 1.165) is 13.2 Å². The van der Waals surface area contributed by atoms with E-state index in [1.807, 2.05) is 7.05 Å². The monoisotopic (exact) mass is 248 g/mol. The van der Waals surface area contributed by atoms with E-state index in [1.165, 1.54) is 24.1 Å². The molecule has 2 atom stereocenters. The maximum absolute atomic E-state index is 5.27. The Bertz CT molecular complexity index is 381. The molecule has 1 aliphatic heterocycles. The average molecular weight is 248 g/mol. The van der Waals surface area contributed by atoms with Crippen molar-refractivity contribution in [1.82, 2.24) is 5.32 Å². The standard InChI is InChI=1S/C15H24N2O/c1-12-8-9-13-6-4-5-7-15(13)17(12)10-14(16-2)11-18-3/h4-7,12,14,16H,8-11H2,1-3H3. The molecule has 0 aromatic heterocycles. The number of ether oxygens (including phenoxy) is 1. The number of benzene rings is 1. The summed E-state index contributed by atoms with van der Waals surface area (Å²) in [4.78, 5) is 2.51. The Labute approximate surface area is 110 Å². The van der Waals surface area contributed by atoms with Gasteiger partial charge in [-0.05, 0) is 38.4 Å². The van der Waals surface area contributed by atoms with Crippen LogP contribution in [0.15, 0.2) is 24.3 Å². The minimum atomic E-state index is 0.378. The number of aryl methyl sites for hydroxylation is 1. The summed E-state index contributed by atoms with van der Waals surface area (Å²) in [6.45, 7) is 4.07. The van der Waals surface area contributed by atoms with Crippen LogP contribution in [-0.2, 0) is 11.2 Å². The summed E-state index contributed by atoms with van der Waals surface area (Å²) < 4.78 is 5.27. The largest absolute Gasteiger partial charge is 0.383 e. The number of anilines is 1. The summed E-state index contributed by atoms with van der Waals surface area (Å²) in [5.41, 5.74) is 2.87. The fourth-order valence-corrected chi connectivity index (χ4v) is 2.70. The maximum atomic E-state index is 5.27. The van der Waals surface area contributed by atoms with Crippen molar-refractivity contribution in [3.63, 3.8) is 0 Å². The van der Waals surface area contributed by atoms with Gasteiger partial charge in [-0.15, -0.1) is 0 Å². The van der Waals surface area contributed by atoms with Crippen LogP contribution in [0.5, 0.6) is 0 Å². The van der Waals surface area contributed by atoms with Gasteiger partial charge in [-0.1, -0.05) is 18.2 Å². The maximum Gasteiger partial charge on any atom is 0.0633 e. The van der Waals surface area contributed by atoms with Gasteiger partial charge in [0.25, 0.3) is 0 Å². The van der Waals surface area contributed by atoms with Crippen molar-refractivity contribution in [2.24, 2.45) is 0 Å². The van der Waals surface area contributed by atoms with Crippen molar-refractivity contribution >= 4 is 5.69 Å². The summed E-state index contributed by atoms with van der Waals surface area (Å²) in [7, 11) is 3.77. The van der Waals surface area contributed by atoms with E-state index in [1.54, 1.807) is 7.11 Å². The Kier molecular flexibility index (Phi) is 4.61. The van der Waals surface area contributed by atoms with Gasteiger partial charge in [-0.2, -0.15) is 0 Å². The summed E-state index contributed by atoms with van der Waals surface area (Å²) in [5.74, 6) is 0. The molecule has 2 unspecified atom stereocenters. The third-order valence-corrected chi connectivity index (χ3v) is 3.86. The number of nitrogens with one attached hydrogen (secondary N) is 1. The van der Waals surface area contributed by atoms with Gasteiger partial charge >= 0.3 is 0 Å². The molecule has 18 heavy (non-hydrogen) atoms. The first-order valence-electron chi connectivity index (χ1n) is 6.77. The van der Waals surface area contributed by atoms with Gasteiger partial charge in [0.05, 0.1) is 6.61 Å². The Morgan fingerprint density at radius 1 is 1.44 bits per heavy atom. The third-order valence-electron chi connectivity index (χ3n) is 3.86. The number of likely N-dealkylation sites (N-methyl/N-ethyl adjacent to an activating group) is 1. The predicted molar refractivity (Wildman–Crippen MR) is 76.3 cm³/mol. The third kappa shape index (κ3) is 2.85. The molecule has 0 amide bonds. The Morgan fingerprint density at radius 2 is 2.22 bits per heavy atom. The lowest BCUT2D eigenvalue weighted by molar-refractivity contribution is 0.170. The molecule has 1 heterocycles. The SMILES string of the molecule is CNC(COC)CN1c2ccccc2CCC1C. The van der Waals surface area contributed by atoms with Crippen LogP contribution in [0.25, 0.3) is 0 Å². The lowest BCUT2D eigenvalue weighted by Crippen LogP contribution is -2.47. The van der Waals surface area contributed by atoms with Crippen molar-refractivity contribution in [1.29, 1.82) is 0 Å². The molecule has 0 spiro atoms. The highest BCUT2D eigenvalue weighted by atomic mass is 16.5. The zero-order valence-corrected chi connectivity index (χ0v) is 11.6. The predicted octanol–water partition coefficient (Wildman–Crippen LogP) is 2.06. The van der Waals surface area contributed by atoms with E-state index >= 15 is 0 Å². The van der Waals surface area contributed by atoms with Gasteiger partial charge in [0.2, 0.25) is 0 Å².